The zero-order valence-corrected chi connectivity index (χ0v) is 19.0. The molecule has 1 aromatic heterocycles. The highest BCUT2D eigenvalue weighted by molar-refractivity contribution is 5.48. The predicted molar refractivity (Wildman–Crippen MR) is 122 cm³/mol. The minimum atomic E-state index is -0.164. The third-order valence-corrected chi connectivity index (χ3v) is 5.99. The van der Waals surface area contributed by atoms with Gasteiger partial charge in [-0.05, 0) is 52.6 Å². The molecule has 0 spiro atoms. The molecule has 0 amide bonds. The van der Waals surface area contributed by atoms with Crippen molar-refractivity contribution in [2.45, 2.75) is 32.9 Å². The number of aromatic nitrogens is 4. The lowest BCUT2D eigenvalue weighted by molar-refractivity contribution is 0.153. The maximum absolute atomic E-state index is 14.2. The number of para-hydroxylation sites is 1. The molecule has 2 aromatic carbocycles. The normalized spacial score (nSPS) is 15.8. The average molecular weight is 439 g/mol. The molecule has 8 heteroatoms. The fourth-order valence-electron chi connectivity index (χ4n) is 4.31. The number of piperazine rings is 1. The van der Waals surface area contributed by atoms with Crippen molar-refractivity contribution in [1.29, 1.82) is 0 Å². The van der Waals surface area contributed by atoms with Gasteiger partial charge in [0.15, 0.2) is 5.82 Å². The molecule has 0 saturated carbocycles. The summed E-state index contributed by atoms with van der Waals surface area (Å²) in [7, 11) is 1.66. The number of rotatable bonds is 8. The summed E-state index contributed by atoms with van der Waals surface area (Å²) in [4.78, 5) is 4.56. The topological polar surface area (TPSA) is 59.3 Å². The molecule has 1 fully saturated rings. The Morgan fingerprint density at radius 3 is 2.38 bits per heavy atom. The van der Waals surface area contributed by atoms with E-state index >= 15 is 0 Å². The van der Waals surface area contributed by atoms with E-state index in [0.29, 0.717) is 18.2 Å². The maximum Gasteiger partial charge on any atom is 0.168 e. The molecule has 0 N–H and O–H groups in total. The number of hydrogen-bond donors (Lipinski definition) is 0. The van der Waals surface area contributed by atoms with Gasteiger partial charge in [-0.3, -0.25) is 4.90 Å². The number of nitrogens with zero attached hydrogens (tertiary/aromatic N) is 6. The average Bonchev–Trinajstić information content (AvgIpc) is 3.26. The smallest absolute Gasteiger partial charge is 0.168 e. The van der Waals surface area contributed by atoms with E-state index in [1.54, 1.807) is 13.2 Å². The van der Waals surface area contributed by atoms with Crippen LogP contribution in [0, 0.1) is 11.7 Å². The molecule has 32 heavy (non-hydrogen) atoms. The quantitative estimate of drug-likeness (QED) is 0.534. The van der Waals surface area contributed by atoms with Crippen molar-refractivity contribution in [2.24, 2.45) is 5.92 Å². The van der Waals surface area contributed by atoms with Gasteiger partial charge < -0.3 is 9.64 Å². The van der Waals surface area contributed by atoms with E-state index in [2.05, 4.69) is 39.2 Å². The highest BCUT2D eigenvalue weighted by atomic mass is 19.1. The summed E-state index contributed by atoms with van der Waals surface area (Å²) in [5.41, 5.74) is 1.80. The van der Waals surface area contributed by atoms with Crippen LogP contribution in [0.5, 0.6) is 5.75 Å². The molecule has 0 bridgehead atoms. The number of halogens is 1. The SMILES string of the molecule is COc1ccc(Cn2nnnc2[C@@H](CC(C)C)N2CCN(c3ccccc3F)CC2)cc1. The molecule has 1 saturated heterocycles. The summed E-state index contributed by atoms with van der Waals surface area (Å²) in [5.74, 6) is 2.05. The van der Waals surface area contributed by atoms with Crippen LogP contribution in [0.3, 0.4) is 0 Å². The molecule has 2 heterocycles. The van der Waals surface area contributed by atoms with Crippen LogP contribution in [0.15, 0.2) is 48.5 Å². The van der Waals surface area contributed by atoms with Gasteiger partial charge in [-0.15, -0.1) is 5.10 Å². The largest absolute Gasteiger partial charge is 0.497 e. The number of benzene rings is 2. The van der Waals surface area contributed by atoms with Gasteiger partial charge in [0.05, 0.1) is 25.4 Å². The van der Waals surface area contributed by atoms with Gasteiger partial charge in [-0.2, -0.15) is 0 Å². The van der Waals surface area contributed by atoms with E-state index in [1.807, 2.05) is 41.1 Å². The van der Waals surface area contributed by atoms with Crippen LogP contribution in [0.25, 0.3) is 0 Å². The van der Waals surface area contributed by atoms with Gasteiger partial charge in [-0.25, -0.2) is 9.07 Å². The third kappa shape index (κ3) is 5.07. The minimum absolute atomic E-state index is 0.117. The van der Waals surface area contributed by atoms with E-state index in [4.69, 9.17) is 4.74 Å². The standard InChI is InChI=1S/C24H31FN6O/c1-18(2)16-23(30-14-12-29(13-15-30)22-7-5-4-6-21(22)25)24-26-27-28-31(24)17-19-8-10-20(32-3)11-9-19/h4-11,18,23H,12-17H2,1-3H3/t23-/m1/s1. The van der Waals surface area contributed by atoms with Crippen LogP contribution < -0.4 is 9.64 Å². The summed E-state index contributed by atoms with van der Waals surface area (Å²) in [5, 5.41) is 12.7. The van der Waals surface area contributed by atoms with Gasteiger partial charge in [0, 0.05) is 26.2 Å². The van der Waals surface area contributed by atoms with Gasteiger partial charge in [-0.1, -0.05) is 38.1 Å². The Hall–Kier alpha value is -3.00. The first-order valence-corrected chi connectivity index (χ1v) is 11.2. The lowest BCUT2D eigenvalue weighted by Crippen LogP contribution is -2.48. The first kappa shape index (κ1) is 22.2. The van der Waals surface area contributed by atoms with Gasteiger partial charge in [0.25, 0.3) is 0 Å². The van der Waals surface area contributed by atoms with E-state index in [-0.39, 0.29) is 11.9 Å². The lowest BCUT2D eigenvalue weighted by Gasteiger charge is -2.40. The van der Waals surface area contributed by atoms with Crippen LogP contribution in [0.1, 0.15) is 37.7 Å². The monoisotopic (exact) mass is 438 g/mol. The van der Waals surface area contributed by atoms with Crippen molar-refractivity contribution in [3.8, 4) is 5.75 Å². The second-order valence-corrected chi connectivity index (χ2v) is 8.66. The second kappa shape index (κ2) is 10.1. The number of methoxy groups -OCH3 is 1. The Labute approximate surface area is 188 Å². The van der Waals surface area contributed by atoms with Crippen LogP contribution in [0.4, 0.5) is 10.1 Å². The zero-order chi connectivity index (χ0) is 22.5. The molecular weight excluding hydrogens is 407 g/mol. The Balaban J connectivity index is 1.50. The van der Waals surface area contributed by atoms with Crippen molar-refractivity contribution < 1.29 is 9.13 Å². The summed E-state index contributed by atoms with van der Waals surface area (Å²) < 4.78 is 21.4. The number of anilines is 1. The number of tetrazole rings is 1. The third-order valence-electron chi connectivity index (χ3n) is 5.99. The molecule has 0 unspecified atom stereocenters. The van der Waals surface area contributed by atoms with Crippen LogP contribution in [0.2, 0.25) is 0 Å². The predicted octanol–water partition coefficient (Wildman–Crippen LogP) is 3.78. The zero-order valence-electron chi connectivity index (χ0n) is 19.0. The molecule has 4 rings (SSSR count). The molecule has 7 nitrogen and oxygen atoms in total. The maximum atomic E-state index is 14.2. The Morgan fingerprint density at radius 1 is 1.00 bits per heavy atom. The van der Waals surface area contributed by atoms with Crippen LogP contribution >= 0.6 is 0 Å². The fraction of sp³-hybridized carbons (Fsp3) is 0.458. The van der Waals surface area contributed by atoms with Crippen molar-refractivity contribution in [3.05, 3.63) is 65.7 Å². The first-order valence-electron chi connectivity index (χ1n) is 11.2. The first-order chi connectivity index (χ1) is 15.5. The molecule has 1 aliphatic heterocycles. The highest BCUT2D eigenvalue weighted by Crippen LogP contribution is 2.29. The molecule has 1 atom stereocenters. The molecule has 170 valence electrons. The van der Waals surface area contributed by atoms with Gasteiger partial charge in [0.1, 0.15) is 11.6 Å². The Morgan fingerprint density at radius 2 is 1.72 bits per heavy atom. The summed E-state index contributed by atoms with van der Waals surface area (Å²) in [6.07, 6.45) is 0.961. The Kier molecular flexibility index (Phi) is 6.99. The van der Waals surface area contributed by atoms with E-state index in [0.717, 1.165) is 49.7 Å². The van der Waals surface area contributed by atoms with Crippen molar-refractivity contribution in [1.82, 2.24) is 25.1 Å². The van der Waals surface area contributed by atoms with Gasteiger partial charge >= 0.3 is 0 Å². The van der Waals surface area contributed by atoms with E-state index in [9.17, 15) is 4.39 Å². The van der Waals surface area contributed by atoms with Crippen LogP contribution in [-0.4, -0.2) is 58.4 Å². The van der Waals surface area contributed by atoms with Gasteiger partial charge in [0.2, 0.25) is 0 Å². The molecular formula is C24H31FN6O. The van der Waals surface area contributed by atoms with E-state index in [1.165, 1.54) is 6.07 Å². The number of ether oxygens (including phenoxy) is 1. The summed E-state index contributed by atoms with van der Waals surface area (Å²) in [6.45, 7) is 8.27. The lowest BCUT2D eigenvalue weighted by atomic mass is 10.0. The summed E-state index contributed by atoms with van der Waals surface area (Å²) >= 11 is 0. The van der Waals surface area contributed by atoms with Crippen molar-refractivity contribution in [3.63, 3.8) is 0 Å². The van der Waals surface area contributed by atoms with E-state index < -0.39 is 0 Å². The summed E-state index contributed by atoms with van der Waals surface area (Å²) in [6, 6.07) is 15.1. The molecule has 0 aliphatic carbocycles. The molecule has 1 aliphatic rings. The van der Waals surface area contributed by atoms with Crippen molar-refractivity contribution in [2.75, 3.05) is 38.2 Å². The van der Waals surface area contributed by atoms with Crippen molar-refractivity contribution >= 4 is 5.69 Å². The fourth-order valence-corrected chi connectivity index (χ4v) is 4.31. The molecule has 3 aromatic rings. The Bertz CT molecular complexity index is 998. The highest BCUT2D eigenvalue weighted by Gasteiger charge is 2.30. The van der Waals surface area contributed by atoms with Crippen LogP contribution in [-0.2, 0) is 6.54 Å². The molecule has 0 radical (unpaired) electrons. The number of hydrogen-bond acceptors (Lipinski definition) is 6. The minimum Gasteiger partial charge on any atom is -0.497 e. The second-order valence-electron chi connectivity index (χ2n) is 8.66.